The summed E-state index contributed by atoms with van der Waals surface area (Å²) in [5.74, 6) is 2.15. The van der Waals surface area contributed by atoms with Crippen LogP contribution in [-0.2, 0) is 11.8 Å². The van der Waals surface area contributed by atoms with E-state index in [0.29, 0.717) is 5.95 Å². The zero-order valence-electron chi connectivity index (χ0n) is 12.2. The van der Waals surface area contributed by atoms with Gasteiger partial charge in [-0.15, -0.1) is 0 Å². The molecule has 2 aromatic rings. The lowest BCUT2D eigenvalue weighted by Gasteiger charge is -2.19. The van der Waals surface area contributed by atoms with Gasteiger partial charge in [-0.05, 0) is 24.0 Å². The van der Waals surface area contributed by atoms with Gasteiger partial charge in [0.2, 0.25) is 5.95 Å². The number of rotatable bonds is 1. The van der Waals surface area contributed by atoms with Gasteiger partial charge in [0.05, 0.1) is 0 Å². The van der Waals surface area contributed by atoms with Crippen molar-refractivity contribution in [3.8, 4) is 0 Å². The van der Waals surface area contributed by atoms with Gasteiger partial charge in [-0.3, -0.25) is 0 Å². The van der Waals surface area contributed by atoms with E-state index in [0.717, 1.165) is 24.5 Å². The minimum Gasteiger partial charge on any atom is -0.368 e. The van der Waals surface area contributed by atoms with E-state index in [-0.39, 0.29) is 11.3 Å². The van der Waals surface area contributed by atoms with Gasteiger partial charge >= 0.3 is 0 Å². The van der Waals surface area contributed by atoms with Crippen LogP contribution in [0.15, 0.2) is 24.3 Å². The molecular weight excluding hydrogens is 248 g/mol. The van der Waals surface area contributed by atoms with E-state index in [4.69, 9.17) is 5.73 Å². The molecule has 0 aliphatic heterocycles. The molecule has 1 heterocycles. The number of benzene rings is 1. The summed E-state index contributed by atoms with van der Waals surface area (Å²) in [4.78, 5) is 13.4. The Morgan fingerprint density at radius 1 is 1.10 bits per heavy atom. The minimum atomic E-state index is -0.121. The average molecular weight is 268 g/mol. The van der Waals surface area contributed by atoms with Crippen LogP contribution in [0.4, 0.5) is 5.95 Å². The van der Waals surface area contributed by atoms with Crippen molar-refractivity contribution < 1.29 is 0 Å². The fourth-order valence-corrected chi connectivity index (χ4v) is 2.73. The number of nitrogen functional groups attached to an aromatic ring is 1. The molecule has 2 N–H and O–H groups in total. The molecule has 3 rings (SSSR count). The number of hydrogen-bond acceptors (Lipinski definition) is 4. The Kier molecular flexibility index (Phi) is 2.96. The molecule has 0 amide bonds. The lowest BCUT2D eigenvalue weighted by molar-refractivity contribution is 0.533. The van der Waals surface area contributed by atoms with E-state index >= 15 is 0 Å². The van der Waals surface area contributed by atoms with E-state index < -0.39 is 0 Å². The minimum absolute atomic E-state index is 0.121. The second kappa shape index (κ2) is 4.54. The molecule has 0 bridgehead atoms. The van der Waals surface area contributed by atoms with Gasteiger partial charge in [-0.2, -0.15) is 9.97 Å². The van der Waals surface area contributed by atoms with Crippen LogP contribution in [0.2, 0.25) is 0 Å². The summed E-state index contributed by atoms with van der Waals surface area (Å²) in [7, 11) is 0. The molecule has 1 aliphatic rings. The maximum absolute atomic E-state index is 5.88. The maximum atomic E-state index is 5.88. The third kappa shape index (κ3) is 2.26. The SMILES string of the molecule is CC(C)(C)c1nc(N)nc(C2CCc3ccccc32)n1. The monoisotopic (exact) mass is 268 g/mol. The van der Waals surface area contributed by atoms with Crippen LogP contribution in [0.25, 0.3) is 0 Å². The van der Waals surface area contributed by atoms with Gasteiger partial charge in [0.25, 0.3) is 0 Å². The number of aromatic nitrogens is 3. The number of anilines is 1. The van der Waals surface area contributed by atoms with Crippen LogP contribution >= 0.6 is 0 Å². The third-order valence-corrected chi connectivity index (χ3v) is 3.79. The van der Waals surface area contributed by atoms with Gasteiger partial charge in [0, 0.05) is 11.3 Å². The number of nitrogens with two attached hydrogens (primary N) is 1. The molecule has 0 spiro atoms. The van der Waals surface area contributed by atoms with Crippen molar-refractivity contribution in [2.75, 3.05) is 5.73 Å². The first kappa shape index (κ1) is 13.0. The lowest BCUT2D eigenvalue weighted by Crippen LogP contribution is -2.20. The molecule has 4 heteroatoms. The van der Waals surface area contributed by atoms with Gasteiger partial charge < -0.3 is 5.73 Å². The summed E-state index contributed by atoms with van der Waals surface area (Å²) in [5, 5.41) is 0. The summed E-state index contributed by atoms with van der Waals surface area (Å²) in [6.07, 6.45) is 2.13. The Morgan fingerprint density at radius 3 is 2.60 bits per heavy atom. The van der Waals surface area contributed by atoms with Crippen molar-refractivity contribution >= 4 is 5.95 Å². The van der Waals surface area contributed by atoms with Crippen molar-refractivity contribution in [2.24, 2.45) is 0 Å². The van der Waals surface area contributed by atoms with Crippen molar-refractivity contribution in [3.05, 3.63) is 47.0 Å². The Hall–Kier alpha value is -1.97. The normalized spacial score (nSPS) is 18.1. The van der Waals surface area contributed by atoms with E-state index in [1.165, 1.54) is 11.1 Å². The van der Waals surface area contributed by atoms with Crippen molar-refractivity contribution in [1.82, 2.24) is 15.0 Å². The number of fused-ring (bicyclic) bond motifs is 1. The van der Waals surface area contributed by atoms with E-state index in [2.05, 4.69) is 60.0 Å². The van der Waals surface area contributed by atoms with Crippen molar-refractivity contribution in [3.63, 3.8) is 0 Å². The quantitative estimate of drug-likeness (QED) is 0.863. The summed E-state index contributed by atoms with van der Waals surface area (Å²) < 4.78 is 0. The molecule has 20 heavy (non-hydrogen) atoms. The molecule has 104 valence electrons. The molecule has 1 aromatic heterocycles. The molecule has 0 fully saturated rings. The topological polar surface area (TPSA) is 64.7 Å². The number of hydrogen-bond donors (Lipinski definition) is 1. The molecule has 4 nitrogen and oxygen atoms in total. The smallest absolute Gasteiger partial charge is 0.223 e. The van der Waals surface area contributed by atoms with Gasteiger partial charge in [-0.25, -0.2) is 4.98 Å². The Bertz CT molecular complexity index is 643. The summed E-state index contributed by atoms with van der Waals surface area (Å²) in [6.45, 7) is 6.27. The summed E-state index contributed by atoms with van der Waals surface area (Å²) in [5.41, 5.74) is 8.49. The highest BCUT2D eigenvalue weighted by Gasteiger charge is 2.28. The van der Waals surface area contributed by atoms with Gasteiger partial charge in [-0.1, -0.05) is 45.0 Å². The average Bonchev–Trinajstić information content (AvgIpc) is 2.80. The fraction of sp³-hybridized carbons (Fsp3) is 0.438. The molecule has 1 aromatic carbocycles. The van der Waals surface area contributed by atoms with Crippen LogP contribution < -0.4 is 5.73 Å². The standard InChI is InChI=1S/C16H20N4/c1-16(2,3)14-18-13(19-15(17)20-14)12-9-8-10-6-4-5-7-11(10)12/h4-7,12H,8-9H2,1-3H3,(H2,17,18,19,20). The van der Waals surface area contributed by atoms with E-state index in [9.17, 15) is 0 Å². The Labute approximate surface area is 119 Å². The second-order valence-electron chi connectivity index (χ2n) is 6.42. The molecule has 0 saturated heterocycles. The zero-order chi connectivity index (χ0) is 14.3. The Balaban J connectivity index is 2.06. The molecule has 1 aliphatic carbocycles. The largest absolute Gasteiger partial charge is 0.368 e. The van der Waals surface area contributed by atoms with Crippen molar-refractivity contribution in [2.45, 2.75) is 44.9 Å². The summed E-state index contributed by atoms with van der Waals surface area (Å²) >= 11 is 0. The van der Waals surface area contributed by atoms with Crippen LogP contribution in [0.1, 0.15) is 55.9 Å². The molecule has 0 saturated carbocycles. The van der Waals surface area contributed by atoms with Gasteiger partial charge in [0.15, 0.2) is 0 Å². The first-order chi connectivity index (χ1) is 9.45. The molecule has 0 radical (unpaired) electrons. The lowest BCUT2D eigenvalue weighted by atomic mass is 9.95. The number of aryl methyl sites for hydroxylation is 1. The first-order valence-corrected chi connectivity index (χ1v) is 7.05. The fourth-order valence-electron chi connectivity index (χ4n) is 2.73. The molecule has 1 atom stereocenters. The van der Waals surface area contributed by atoms with Crippen LogP contribution in [0, 0.1) is 0 Å². The highest BCUT2D eigenvalue weighted by atomic mass is 15.1. The third-order valence-electron chi connectivity index (χ3n) is 3.79. The van der Waals surface area contributed by atoms with E-state index in [1.54, 1.807) is 0 Å². The highest BCUT2D eigenvalue weighted by Crippen LogP contribution is 2.36. The predicted molar refractivity (Wildman–Crippen MR) is 79.5 cm³/mol. The zero-order valence-corrected chi connectivity index (χ0v) is 12.2. The van der Waals surface area contributed by atoms with Crippen LogP contribution in [0.5, 0.6) is 0 Å². The van der Waals surface area contributed by atoms with E-state index in [1.807, 2.05) is 0 Å². The van der Waals surface area contributed by atoms with Gasteiger partial charge in [0.1, 0.15) is 11.6 Å². The second-order valence-corrected chi connectivity index (χ2v) is 6.42. The first-order valence-electron chi connectivity index (χ1n) is 7.05. The molecule has 1 unspecified atom stereocenters. The molecular formula is C16H20N4. The predicted octanol–water partition coefficient (Wildman–Crippen LogP) is 2.83. The maximum Gasteiger partial charge on any atom is 0.223 e. The van der Waals surface area contributed by atoms with Crippen LogP contribution in [-0.4, -0.2) is 15.0 Å². The Morgan fingerprint density at radius 2 is 1.85 bits per heavy atom. The van der Waals surface area contributed by atoms with Crippen molar-refractivity contribution in [1.29, 1.82) is 0 Å². The number of nitrogens with zero attached hydrogens (tertiary/aromatic N) is 3. The van der Waals surface area contributed by atoms with Crippen LogP contribution in [0.3, 0.4) is 0 Å². The summed E-state index contributed by atoms with van der Waals surface area (Å²) in [6, 6.07) is 8.52. The highest BCUT2D eigenvalue weighted by molar-refractivity contribution is 5.39.